The number of nitrogens with one attached hydrogen (secondary N) is 1. The van der Waals surface area contributed by atoms with E-state index in [-0.39, 0.29) is 12.4 Å². The monoisotopic (exact) mass is 173 g/mol. The van der Waals surface area contributed by atoms with Gasteiger partial charge in [-0.25, -0.2) is 0 Å². The van der Waals surface area contributed by atoms with E-state index in [4.69, 9.17) is 5.41 Å². The van der Waals surface area contributed by atoms with Crippen LogP contribution in [0.15, 0.2) is 0 Å². The van der Waals surface area contributed by atoms with Crippen LogP contribution in [-0.4, -0.2) is 5.71 Å². The molecule has 2 aliphatic rings. The quantitative estimate of drug-likeness (QED) is 0.621. The first-order valence-electron chi connectivity index (χ1n) is 4.16. The molecule has 2 fully saturated rings. The Morgan fingerprint density at radius 2 is 1.27 bits per heavy atom. The fraction of sp³-hybridized carbons (Fsp3) is 0.889. The highest BCUT2D eigenvalue weighted by atomic mass is 35.5. The molecule has 0 heterocycles. The van der Waals surface area contributed by atoms with Crippen molar-refractivity contribution >= 4 is 18.1 Å². The molecule has 0 aliphatic heterocycles. The number of hydrogen-bond donors (Lipinski definition) is 1. The highest BCUT2D eigenvalue weighted by Crippen LogP contribution is 2.58. The maximum absolute atomic E-state index is 7.92. The van der Waals surface area contributed by atoms with Gasteiger partial charge in [0.25, 0.3) is 0 Å². The lowest BCUT2D eigenvalue weighted by atomic mass is 9.90. The first-order chi connectivity index (χ1) is 4.57. The summed E-state index contributed by atoms with van der Waals surface area (Å²) in [5.41, 5.74) is 1.72. The standard InChI is InChI=1S/C9H15N.ClH/c1-8(3-4-8)7(10)9(2)5-6-9;/h10H,3-6H2,1-2H3;1H. The van der Waals surface area contributed by atoms with Gasteiger partial charge in [-0.3, -0.25) is 0 Å². The summed E-state index contributed by atoms with van der Waals surface area (Å²) in [6.45, 7) is 4.47. The van der Waals surface area contributed by atoms with Gasteiger partial charge in [0, 0.05) is 16.5 Å². The van der Waals surface area contributed by atoms with Crippen molar-refractivity contribution in [2.75, 3.05) is 0 Å². The minimum absolute atomic E-state index is 0. The van der Waals surface area contributed by atoms with E-state index < -0.39 is 0 Å². The zero-order valence-corrected chi connectivity index (χ0v) is 8.05. The topological polar surface area (TPSA) is 23.9 Å². The second-order valence-electron chi connectivity index (χ2n) is 4.50. The summed E-state index contributed by atoms with van der Waals surface area (Å²) in [5, 5.41) is 7.92. The second-order valence-corrected chi connectivity index (χ2v) is 4.50. The molecule has 0 amide bonds. The molecule has 0 bridgehead atoms. The molecule has 0 spiro atoms. The van der Waals surface area contributed by atoms with Crippen molar-refractivity contribution in [1.29, 1.82) is 5.41 Å². The van der Waals surface area contributed by atoms with Crippen molar-refractivity contribution in [1.82, 2.24) is 0 Å². The van der Waals surface area contributed by atoms with Gasteiger partial charge in [0.1, 0.15) is 0 Å². The molecule has 0 atom stereocenters. The predicted octanol–water partition coefficient (Wildman–Crippen LogP) is 3.03. The smallest absolute Gasteiger partial charge is 0.0207 e. The molecule has 0 saturated heterocycles. The Balaban J connectivity index is 0.000000605. The average molecular weight is 174 g/mol. The van der Waals surface area contributed by atoms with Gasteiger partial charge >= 0.3 is 0 Å². The molecule has 2 aliphatic carbocycles. The van der Waals surface area contributed by atoms with Crippen molar-refractivity contribution in [2.24, 2.45) is 10.8 Å². The molecule has 0 aromatic carbocycles. The molecule has 2 rings (SSSR count). The van der Waals surface area contributed by atoms with E-state index in [1.807, 2.05) is 0 Å². The van der Waals surface area contributed by atoms with Crippen molar-refractivity contribution in [3.05, 3.63) is 0 Å². The lowest BCUT2D eigenvalue weighted by Crippen LogP contribution is -2.20. The first kappa shape index (κ1) is 9.05. The summed E-state index contributed by atoms with van der Waals surface area (Å²) >= 11 is 0. The fourth-order valence-electron chi connectivity index (χ4n) is 1.60. The largest absolute Gasteiger partial charge is 0.309 e. The van der Waals surface area contributed by atoms with Crippen LogP contribution in [0.25, 0.3) is 0 Å². The Bertz CT molecular complexity index is 170. The van der Waals surface area contributed by atoms with Crippen LogP contribution in [0.1, 0.15) is 39.5 Å². The van der Waals surface area contributed by atoms with E-state index in [2.05, 4.69) is 13.8 Å². The molecular formula is C9H16ClN. The summed E-state index contributed by atoms with van der Waals surface area (Å²) in [6.07, 6.45) is 5.06. The maximum Gasteiger partial charge on any atom is 0.0207 e. The second kappa shape index (κ2) is 2.22. The van der Waals surface area contributed by atoms with Gasteiger partial charge in [0.05, 0.1) is 0 Å². The van der Waals surface area contributed by atoms with Crippen LogP contribution in [0.4, 0.5) is 0 Å². The van der Waals surface area contributed by atoms with Gasteiger partial charge in [0.15, 0.2) is 0 Å². The maximum atomic E-state index is 7.92. The molecule has 64 valence electrons. The Kier molecular flexibility index (Phi) is 1.83. The third-order valence-corrected chi connectivity index (χ3v) is 3.21. The van der Waals surface area contributed by atoms with E-state index in [9.17, 15) is 0 Å². The molecule has 0 aromatic heterocycles. The molecule has 2 saturated carbocycles. The summed E-state index contributed by atoms with van der Waals surface area (Å²) in [7, 11) is 0. The van der Waals surface area contributed by atoms with Crippen LogP contribution < -0.4 is 0 Å². The van der Waals surface area contributed by atoms with E-state index in [0.29, 0.717) is 10.8 Å². The molecular weight excluding hydrogens is 158 g/mol. The Hall–Kier alpha value is -0.0400. The molecule has 1 nitrogen and oxygen atoms in total. The Morgan fingerprint density at radius 3 is 1.45 bits per heavy atom. The summed E-state index contributed by atoms with van der Waals surface area (Å²) in [4.78, 5) is 0. The highest BCUT2D eigenvalue weighted by Gasteiger charge is 2.53. The minimum atomic E-state index is 0. The normalized spacial score (nSPS) is 28.5. The molecule has 11 heavy (non-hydrogen) atoms. The Labute approximate surface area is 74.5 Å². The van der Waals surface area contributed by atoms with Crippen molar-refractivity contribution in [3.63, 3.8) is 0 Å². The summed E-state index contributed by atoms with van der Waals surface area (Å²) in [5.74, 6) is 0. The van der Waals surface area contributed by atoms with Gasteiger partial charge in [-0.05, 0) is 25.7 Å². The van der Waals surface area contributed by atoms with Crippen molar-refractivity contribution < 1.29 is 0 Å². The number of halogens is 1. The fourth-order valence-corrected chi connectivity index (χ4v) is 1.60. The SMILES string of the molecule is CC1(C(=N)C2(C)CC2)CC1.Cl. The van der Waals surface area contributed by atoms with E-state index in [1.165, 1.54) is 25.7 Å². The van der Waals surface area contributed by atoms with E-state index in [1.54, 1.807) is 0 Å². The zero-order chi connectivity index (χ0) is 7.41. The number of rotatable bonds is 2. The van der Waals surface area contributed by atoms with Crippen molar-refractivity contribution in [3.8, 4) is 0 Å². The van der Waals surface area contributed by atoms with Crippen LogP contribution >= 0.6 is 12.4 Å². The molecule has 0 radical (unpaired) electrons. The van der Waals surface area contributed by atoms with Crippen molar-refractivity contribution in [2.45, 2.75) is 39.5 Å². The predicted molar refractivity (Wildman–Crippen MR) is 49.7 cm³/mol. The van der Waals surface area contributed by atoms with Crippen LogP contribution in [0, 0.1) is 16.2 Å². The van der Waals surface area contributed by atoms with E-state index >= 15 is 0 Å². The van der Waals surface area contributed by atoms with Gasteiger partial charge in [-0.1, -0.05) is 13.8 Å². The molecule has 0 aromatic rings. The van der Waals surface area contributed by atoms with Crippen LogP contribution in [0.3, 0.4) is 0 Å². The minimum Gasteiger partial charge on any atom is -0.309 e. The van der Waals surface area contributed by atoms with Gasteiger partial charge in [-0.2, -0.15) is 0 Å². The van der Waals surface area contributed by atoms with Gasteiger partial charge in [-0.15, -0.1) is 12.4 Å². The van der Waals surface area contributed by atoms with Gasteiger partial charge in [0.2, 0.25) is 0 Å². The third-order valence-electron chi connectivity index (χ3n) is 3.21. The summed E-state index contributed by atoms with van der Waals surface area (Å²) < 4.78 is 0. The molecule has 0 unspecified atom stereocenters. The van der Waals surface area contributed by atoms with Gasteiger partial charge < -0.3 is 5.41 Å². The lowest BCUT2D eigenvalue weighted by Gasteiger charge is -2.16. The number of hydrogen-bond acceptors (Lipinski definition) is 1. The van der Waals surface area contributed by atoms with Crippen LogP contribution in [0.5, 0.6) is 0 Å². The lowest BCUT2D eigenvalue weighted by molar-refractivity contribution is 0.669. The first-order valence-corrected chi connectivity index (χ1v) is 4.16. The van der Waals surface area contributed by atoms with Crippen LogP contribution in [0.2, 0.25) is 0 Å². The zero-order valence-electron chi connectivity index (χ0n) is 7.24. The average Bonchev–Trinajstić information content (AvgIpc) is 2.73. The molecule has 2 heteroatoms. The third kappa shape index (κ3) is 1.31. The summed E-state index contributed by atoms with van der Waals surface area (Å²) in [6, 6.07) is 0. The highest BCUT2D eigenvalue weighted by molar-refractivity contribution is 5.96. The Morgan fingerprint density at radius 1 is 1.00 bits per heavy atom. The van der Waals surface area contributed by atoms with Crippen LogP contribution in [-0.2, 0) is 0 Å². The molecule has 1 N–H and O–H groups in total. The van der Waals surface area contributed by atoms with E-state index in [0.717, 1.165) is 5.71 Å².